The van der Waals surface area contributed by atoms with Crippen molar-refractivity contribution in [1.82, 2.24) is 4.90 Å². The first kappa shape index (κ1) is 17.4. The van der Waals surface area contributed by atoms with Crippen molar-refractivity contribution < 1.29 is 19.4 Å². The van der Waals surface area contributed by atoms with Gasteiger partial charge in [0.2, 0.25) is 0 Å². The van der Waals surface area contributed by atoms with Crippen LogP contribution in [0, 0.1) is 0 Å². The third-order valence-corrected chi connectivity index (χ3v) is 5.11. The quantitative estimate of drug-likeness (QED) is 0.775. The summed E-state index contributed by atoms with van der Waals surface area (Å²) >= 11 is 13.3. The number of rotatable bonds is 6. The van der Waals surface area contributed by atoms with Crippen LogP contribution in [0.15, 0.2) is 29.6 Å². The van der Waals surface area contributed by atoms with E-state index in [-0.39, 0.29) is 34.3 Å². The molecule has 1 aliphatic heterocycles. The molecule has 8 heteroatoms. The maximum atomic E-state index is 12.3. The highest BCUT2D eigenvalue weighted by molar-refractivity contribution is 7.09. The highest BCUT2D eigenvalue weighted by atomic mass is 35.5. The Morgan fingerprint density at radius 3 is 2.33 bits per heavy atom. The van der Waals surface area contributed by atoms with Crippen molar-refractivity contribution in [3.05, 3.63) is 55.7 Å². The van der Waals surface area contributed by atoms with Gasteiger partial charge in [-0.15, -0.1) is 11.3 Å². The number of thiophene rings is 1. The fraction of sp³-hybridized carbons (Fsp3) is 0.250. The van der Waals surface area contributed by atoms with E-state index in [0.717, 1.165) is 9.78 Å². The molecule has 0 unspecified atom stereocenters. The number of imide groups is 1. The number of hydrogen-bond donors (Lipinski definition) is 1. The van der Waals surface area contributed by atoms with Gasteiger partial charge in [-0.3, -0.25) is 14.5 Å². The van der Waals surface area contributed by atoms with E-state index < -0.39 is 17.9 Å². The van der Waals surface area contributed by atoms with Crippen molar-refractivity contribution in [2.75, 3.05) is 13.2 Å². The molecule has 0 aliphatic carbocycles. The van der Waals surface area contributed by atoms with Gasteiger partial charge in [-0.1, -0.05) is 29.3 Å². The van der Waals surface area contributed by atoms with Gasteiger partial charge in [-0.25, -0.2) is 0 Å². The number of β-amino-alcohol motifs (C(OH)–C–C–N with tert-alkyl or cyclic N) is 1. The van der Waals surface area contributed by atoms with Crippen molar-refractivity contribution in [3.63, 3.8) is 0 Å². The number of hydrogen-bond acceptors (Lipinski definition) is 5. The first-order valence-corrected chi connectivity index (χ1v) is 8.74. The third-order valence-electron chi connectivity index (χ3n) is 3.54. The highest BCUT2D eigenvalue weighted by Crippen LogP contribution is 2.31. The molecule has 1 aromatic heterocycles. The second-order valence-electron chi connectivity index (χ2n) is 5.28. The van der Waals surface area contributed by atoms with Gasteiger partial charge in [0.25, 0.3) is 11.8 Å². The summed E-state index contributed by atoms with van der Waals surface area (Å²) in [6, 6.07) is 6.59. The van der Waals surface area contributed by atoms with Crippen molar-refractivity contribution in [1.29, 1.82) is 0 Å². The van der Waals surface area contributed by atoms with Crippen LogP contribution in [0.25, 0.3) is 0 Å². The maximum absolute atomic E-state index is 12.3. The number of carbonyl (C=O) groups excluding carboxylic acids is 2. The fourth-order valence-electron chi connectivity index (χ4n) is 2.40. The van der Waals surface area contributed by atoms with Gasteiger partial charge in [0, 0.05) is 4.88 Å². The number of benzene rings is 1. The number of aliphatic hydroxyl groups is 1. The lowest BCUT2D eigenvalue weighted by atomic mass is 10.1. The Hall–Kier alpha value is -1.44. The summed E-state index contributed by atoms with van der Waals surface area (Å²) in [6.07, 6.45) is -0.974. The summed E-state index contributed by atoms with van der Waals surface area (Å²) in [4.78, 5) is 26.7. The Morgan fingerprint density at radius 1 is 1.17 bits per heavy atom. The normalized spacial score (nSPS) is 15.0. The van der Waals surface area contributed by atoms with Crippen LogP contribution in [0.4, 0.5) is 0 Å². The van der Waals surface area contributed by atoms with E-state index in [1.807, 2.05) is 17.5 Å². The molecular formula is C16H13Cl2NO4S. The molecule has 2 aromatic rings. The average molecular weight is 386 g/mol. The molecular weight excluding hydrogens is 373 g/mol. The molecule has 0 radical (unpaired) electrons. The van der Waals surface area contributed by atoms with Gasteiger partial charge in [0.1, 0.15) is 0 Å². The summed E-state index contributed by atoms with van der Waals surface area (Å²) in [5, 5.41) is 12.4. The molecule has 0 bridgehead atoms. The largest absolute Gasteiger partial charge is 0.389 e. The number of fused-ring (bicyclic) bond motifs is 1. The van der Waals surface area contributed by atoms with E-state index in [4.69, 9.17) is 27.9 Å². The predicted octanol–water partition coefficient (Wildman–Crippen LogP) is 3.23. The maximum Gasteiger partial charge on any atom is 0.261 e. The van der Waals surface area contributed by atoms with Crippen LogP contribution in [0.1, 0.15) is 25.6 Å². The van der Waals surface area contributed by atoms with Crippen molar-refractivity contribution >= 4 is 46.4 Å². The molecule has 1 atom stereocenters. The molecule has 0 fully saturated rings. The van der Waals surface area contributed by atoms with Crippen molar-refractivity contribution in [2.45, 2.75) is 12.7 Å². The predicted molar refractivity (Wildman–Crippen MR) is 91.8 cm³/mol. The van der Waals surface area contributed by atoms with Gasteiger partial charge in [-0.05, 0) is 23.6 Å². The summed E-state index contributed by atoms with van der Waals surface area (Å²) in [7, 11) is 0. The minimum Gasteiger partial charge on any atom is -0.389 e. The summed E-state index contributed by atoms with van der Waals surface area (Å²) in [6.45, 7) is 0.251. The Bertz CT molecular complexity index is 738. The summed E-state index contributed by atoms with van der Waals surface area (Å²) in [5.41, 5.74) is 0.391. The first-order valence-electron chi connectivity index (χ1n) is 7.11. The van der Waals surface area contributed by atoms with Crippen molar-refractivity contribution in [3.8, 4) is 0 Å². The van der Waals surface area contributed by atoms with Crippen LogP contribution in [0.5, 0.6) is 0 Å². The van der Waals surface area contributed by atoms with E-state index in [0.29, 0.717) is 6.61 Å². The molecule has 2 heterocycles. The number of amides is 2. The van der Waals surface area contributed by atoms with Crippen LogP contribution >= 0.6 is 34.5 Å². The first-order chi connectivity index (χ1) is 11.5. The minimum absolute atomic E-state index is 0.0207. The molecule has 0 saturated carbocycles. The van der Waals surface area contributed by atoms with Crippen molar-refractivity contribution in [2.24, 2.45) is 0 Å². The monoisotopic (exact) mass is 385 g/mol. The second kappa shape index (κ2) is 7.21. The van der Waals surface area contributed by atoms with Crippen LogP contribution in [-0.4, -0.2) is 41.1 Å². The lowest BCUT2D eigenvalue weighted by Gasteiger charge is -2.18. The second-order valence-corrected chi connectivity index (χ2v) is 7.13. The van der Waals surface area contributed by atoms with Gasteiger partial charge >= 0.3 is 0 Å². The molecule has 1 aliphatic rings. The molecule has 1 N–H and O–H groups in total. The Morgan fingerprint density at radius 2 is 1.79 bits per heavy atom. The minimum atomic E-state index is -0.974. The zero-order valence-electron chi connectivity index (χ0n) is 12.4. The zero-order chi connectivity index (χ0) is 17.3. The molecule has 3 rings (SSSR count). The molecule has 0 saturated heterocycles. The topological polar surface area (TPSA) is 66.8 Å². The molecule has 126 valence electrons. The Labute approximate surface area is 152 Å². The van der Waals surface area contributed by atoms with E-state index in [1.165, 1.54) is 12.1 Å². The van der Waals surface area contributed by atoms with Crippen LogP contribution in [0.3, 0.4) is 0 Å². The SMILES string of the molecule is O=C1c2cc(Cl)c(Cl)cc2C(=O)N1C[C@H](O)COCc1cccs1. The van der Waals surface area contributed by atoms with Gasteiger partial charge in [0.15, 0.2) is 0 Å². The molecule has 2 amide bonds. The smallest absolute Gasteiger partial charge is 0.261 e. The van der Waals surface area contributed by atoms with Crippen LogP contribution in [0.2, 0.25) is 10.0 Å². The number of carbonyl (C=O) groups is 2. The zero-order valence-corrected chi connectivity index (χ0v) is 14.7. The standard InChI is InChI=1S/C16H13Cl2NO4S/c17-13-4-11-12(5-14(13)18)16(22)19(15(11)21)6-9(20)7-23-8-10-2-1-3-24-10/h1-5,9,20H,6-8H2/t9-/m0/s1. The number of ether oxygens (including phenoxy) is 1. The Kier molecular flexibility index (Phi) is 5.22. The van der Waals surface area contributed by atoms with Gasteiger partial charge in [0.05, 0.1) is 47.0 Å². The Balaban J connectivity index is 1.61. The fourth-order valence-corrected chi connectivity index (χ4v) is 3.37. The lowest BCUT2D eigenvalue weighted by molar-refractivity contribution is 0.0126. The van der Waals surface area contributed by atoms with E-state index in [9.17, 15) is 14.7 Å². The highest BCUT2D eigenvalue weighted by Gasteiger charge is 2.37. The van der Waals surface area contributed by atoms with E-state index in [1.54, 1.807) is 11.3 Å². The molecule has 1 aromatic carbocycles. The van der Waals surface area contributed by atoms with Gasteiger partial charge in [-0.2, -0.15) is 0 Å². The van der Waals surface area contributed by atoms with Crippen LogP contribution in [-0.2, 0) is 11.3 Å². The molecule has 0 spiro atoms. The van der Waals surface area contributed by atoms with Gasteiger partial charge < -0.3 is 9.84 Å². The number of nitrogens with zero attached hydrogens (tertiary/aromatic N) is 1. The third kappa shape index (κ3) is 3.48. The van der Waals surface area contributed by atoms with E-state index >= 15 is 0 Å². The summed E-state index contributed by atoms with van der Waals surface area (Å²) < 4.78 is 5.40. The molecule has 24 heavy (non-hydrogen) atoms. The van der Waals surface area contributed by atoms with Crippen LogP contribution < -0.4 is 0 Å². The average Bonchev–Trinajstić information content (AvgIpc) is 3.13. The van der Waals surface area contributed by atoms with E-state index in [2.05, 4.69) is 0 Å². The molecule has 5 nitrogen and oxygen atoms in total. The summed E-state index contributed by atoms with van der Waals surface area (Å²) in [5.74, 6) is -0.989. The number of halogens is 2. The lowest BCUT2D eigenvalue weighted by Crippen LogP contribution is -2.38. The number of aliphatic hydroxyl groups excluding tert-OH is 1.